The molecule has 0 saturated heterocycles. The molecule has 0 N–H and O–H groups in total. The maximum Gasteiger partial charge on any atom is 0.296 e. The lowest BCUT2D eigenvalue weighted by molar-refractivity contribution is 0.0970. The standard InChI is InChI=1S/C27H23BrN2O5/c1-3-13-34-20-10-8-16(14-21(20)33-4-2)24-23-25(31)18-15-17(28)9-11-19(18)35-26(23)27(32)30(24)22-7-5-6-12-29-22/h5-12,14-15,24H,3-4,13H2,1-2H3. The molecule has 2 aromatic carbocycles. The lowest BCUT2D eigenvalue weighted by Crippen LogP contribution is -2.30. The second-order valence-electron chi connectivity index (χ2n) is 8.07. The number of nitrogens with zero attached hydrogens (tertiary/aromatic N) is 2. The molecule has 178 valence electrons. The number of amides is 1. The van der Waals surface area contributed by atoms with Crippen LogP contribution in [0.5, 0.6) is 11.5 Å². The number of pyridine rings is 1. The molecule has 0 fully saturated rings. The predicted octanol–water partition coefficient (Wildman–Crippen LogP) is 5.89. The molecule has 0 spiro atoms. The average molecular weight is 535 g/mol. The Kier molecular flexibility index (Phi) is 6.30. The quantitative estimate of drug-likeness (QED) is 0.294. The van der Waals surface area contributed by atoms with Crippen LogP contribution >= 0.6 is 15.9 Å². The van der Waals surface area contributed by atoms with Crippen molar-refractivity contribution in [3.63, 3.8) is 0 Å². The van der Waals surface area contributed by atoms with Crippen LogP contribution in [0.4, 0.5) is 5.82 Å². The predicted molar refractivity (Wildman–Crippen MR) is 136 cm³/mol. The van der Waals surface area contributed by atoms with E-state index in [9.17, 15) is 9.59 Å². The molecule has 0 aliphatic carbocycles. The highest BCUT2D eigenvalue weighted by Crippen LogP contribution is 2.43. The molecule has 0 bridgehead atoms. The SMILES string of the molecule is CCCOc1ccc(C2c3c(oc4ccc(Br)cc4c3=O)C(=O)N2c2ccccn2)cc1OCC. The molecule has 35 heavy (non-hydrogen) atoms. The zero-order valence-corrected chi connectivity index (χ0v) is 20.9. The molecule has 1 amide bonds. The third-order valence-electron chi connectivity index (χ3n) is 5.77. The van der Waals surface area contributed by atoms with Gasteiger partial charge in [-0.3, -0.25) is 14.5 Å². The Labute approximate surface area is 210 Å². The highest BCUT2D eigenvalue weighted by molar-refractivity contribution is 9.10. The van der Waals surface area contributed by atoms with Gasteiger partial charge in [-0.25, -0.2) is 4.98 Å². The summed E-state index contributed by atoms with van der Waals surface area (Å²) in [6.45, 7) is 4.91. The van der Waals surface area contributed by atoms with E-state index in [0.29, 0.717) is 47.1 Å². The lowest BCUT2D eigenvalue weighted by Gasteiger charge is -2.25. The number of anilines is 1. The van der Waals surface area contributed by atoms with Gasteiger partial charge in [0.15, 0.2) is 16.9 Å². The van der Waals surface area contributed by atoms with Gasteiger partial charge in [-0.2, -0.15) is 0 Å². The maximum absolute atomic E-state index is 13.8. The fraction of sp³-hybridized carbons (Fsp3) is 0.222. The van der Waals surface area contributed by atoms with Crippen molar-refractivity contribution >= 4 is 38.6 Å². The lowest BCUT2D eigenvalue weighted by atomic mass is 9.98. The summed E-state index contributed by atoms with van der Waals surface area (Å²) >= 11 is 3.42. The van der Waals surface area contributed by atoms with Gasteiger partial charge in [0.2, 0.25) is 5.76 Å². The number of carbonyl (C=O) groups is 1. The zero-order chi connectivity index (χ0) is 24.5. The molecule has 7 nitrogen and oxygen atoms in total. The van der Waals surface area contributed by atoms with E-state index in [0.717, 1.165) is 10.9 Å². The van der Waals surface area contributed by atoms with Gasteiger partial charge < -0.3 is 13.9 Å². The van der Waals surface area contributed by atoms with Crippen LogP contribution in [0.1, 0.15) is 48.0 Å². The molecule has 5 rings (SSSR count). The van der Waals surface area contributed by atoms with Crippen molar-refractivity contribution in [1.82, 2.24) is 4.98 Å². The summed E-state index contributed by atoms with van der Waals surface area (Å²) in [5.74, 6) is 1.18. The Morgan fingerprint density at radius 2 is 1.89 bits per heavy atom. The molecule has 4 aromatic rings. The van der Waals surface area contributed by atoms with E-state index >= 15 is 0 Å². The molecular formula is C27H23BrN2O5. The molecule has 3 heterocycles. The van der Waals surface area contributed by atoms with Crippen molar-refractivity contribution in [3.8, 4) is 11.5 Å². The van der Waals surface area contributed by atoms with Gasteiger partial charge in [-0.15, -0.1) is 0 Å². The summed E-state index contributed by atoms with van der Waals surface area (Å²) in [6.07, 6.45) is 2.47. The number of carbonyl (C=O) groups excluding carboxylic acids is 1. The fourth-order valence-corrected chi connectivity index (χ4v) is 4.65. The number of hydrogen-bond acceptors (Lipinski definition) is 6. The van der Waals surface area contributed by atoms with Crippen LogP contribution in [0.3, 0.4) is 0 Å². The first-order valence-electron chi connectivity index (χ1n) is 11.4. The summed E-state index contributed by atoms with van der Waals surface area (Å²) in [6, 6.07) is 15.2. The number of aromatic nitrogens is 1. The molecule has 1 aliphatic heterocycles. The average Bonchev–Trinajstić information content (AvgIpc) is 3.17. The van der Waals surface area contributed by atoms with Gasteiger partial charge in [0.1, 0.15) is 11.4 Å². The topological polar surface area (TPSA) is 81.9 Å². The Morgan fingerprint density at radius 3 is 2.63 bits per heavy atom. The van der Waals surface area contributed by atoms with Gasteiger partial charge in [0.25, 0.3) is 5.91 Å². The summed E-state index contributed by atoms with van der Waals surface area (Å²) in [4.78, 5) is 33.3. The molecule has 1 aliphatic rings. The van der Waals surface area contributed by atoms with Crippen molar-refractivity contribution in [1.29, 1.82) is 0 Å². The van der Waals surface area contributed by atoms with Gasteiger partial charge in [-0.1, -0.05) is 35.0 Å². The van der Waals surface area contributed by atoms with Crippen LogP contribution in [0.25, 0.3) is 11.0 Å². The molecule has 8 heteroatoms. The maximum atomic E-state index is 13.8. The molecule has 1 atom stereocenters. The van der Waals surface area contributed by atoms with Crippen molar-refractivity contribution in [2.24, 2.45) is 0 Å². The summed E-state index contributed by atoms with van der Waals surface area (Å²) in [5.41, 5.74) is 1.06. The van der Waals surface area contributed by atoms with Gasteiger partial charge in [-0.05, 0) is 61.4 Å². The van der Waals surface area contributed by atoms with Crippen LogP contribution in [-0.4, -0.2) is 24.1 Å². The van der Waals surface area contributed by atoms with E-state index in [1.807, 2.05) is 32.0 Å². The third-order valence-corrected chi connectivity index (χ3v) is 6.27. The minimum Gasteiger partial charge on any atom is -0.490 e. The Morgan fingerprint density at radius 1 is 1.03 bits per heavy atom. The second-order valence-corrected chi connectivity index (χ2v) is 8.98. The van der Waals surface area contributed by atoms with E-state index in [-0.39, 0.29) is 16.8 Å². The molecule has 2 aromatic heterocycles. The summed E-state index contributed by atoms with van der Waals surface area (Å²) < 4.78 is 18.5. The molecular weight excluding hydrogens is 512 g/mol. The van der Waals surface area contributed by atoms with E-state index in [2.05, 4.69) is 20.9 Å². The highest BCUT2D eigenvalue weighted by Gasteiger charge is 2.44. The molecule has 0 radical (unpaired) electrons. The second kappa shape index (κ2) is 9.54. The number of fused-ring (bicyclic) bond motifs is 2. The summed E-state index contributed by atoms with van der Waals surface area (Å²) in [5, 5.41) is 0.395. The smallest absolute Gasteiger partial charge is 0.296 e. The number of benzene rings is 2. The number of rotatable bonds is 7. The van der Waals surface area contributed by atoms with Crippen molar-refractivity contribution in [2.45, 2.75) is 26.3 Å². The third kappa shape index (κ3) is 4.08. The molecule has 1 unspecified atom stereocenters. The van der Waals surface area contributed by atoms with Crippen LogP contribution in [0.15, 0.2) is 74.5 Å². The minimum absolute atomic E-state index is 0.0183. The zero-order valence-electron chi connectivity index (χ0n) is 19.3. The van der Waals surface area contributed by atoms with Crippen LogP contribution in [0.2, 0.25) is 0 Å². The first-order chi connectivity index (χ1) is 17.0. The Balaban J connectivity index is 1.75. The van der Waals surface area contributed by atoms with Crippen LogP contribution < -0.4 is 19.8 Å². The van der Waals surface area contributed by atoms with Gasteiger partial charge in [0, 0.05) is 10.7 Å². The van der Waals surface area contributed by atoms with Crippen LogP contribution in [0, 0.1) is 0 Å². The van der Waals surface area contributed by atoms with E-state index in [1.54, 1.807) is 42.6 Å². The van der Waals surface area contributed by atoms with E-state index in [1.165, 1.54) is 4.90 Å². The highest BCUT2D eigenvalue weighted by atomic mass is 79.9. The fourth-order valence-electron chi connectivity index (χ4n) is 4.29. The Bertz CT molecular complexity index is 1470. The van der Waals surface area contributed by atoms with Gasteiger partial charge >= 0.3 is 0 Å². The summed E-state index contributed by atoms with van der Waals surface area (Å²) in [7, 11) is 0. The number of halogens is 1. The monoisotopic (exact) mass is 534 g/mol. The van der Waals surface area contributed by atoms with Crippen LogP contribution in [-0.2, 0) is 0 Å². The molecule has 0 saturated carbocycles. The van der Waals surface area contributed by atoms with Crippen molar-refractivity contribution < 1.29 is 18.7 Å². The van der Waals surface area contributed by atoms with E-state index in [4.69, 9.17) is 13.9 Å². The van der Waals surface area contributed by atoms with Crippen molar-refractivity contribution in [3.05, 3.63) is 92.4 Å². The first-order valence-corrected chi connectivity index (χ1v) is 12.2. The number of hydrogen-bond donors (Lipinski definition) is 0. The van der Waals surface area contributed by atoms with Crippen molar-refractivity contribution in [2.75, 3.05) is 18.1 Å². The largest absolute Gasteiger partial charge is 0.490 e. The minimum atomic E-state index is -0.744. The normalized spacial score (nSPS) is 14.9. The van der Waals surface area contributed by atoms with E-state index < -0.39 is 11.9 Å². The van der Waals surface area contributed by atoms with Gasteiger partial charge in [0.05, 0.1) is 30.2 Å². The Hall–Kier alpha value is -3.65. The first kappa shape index (κ1) is 23.1. The number of ether oxygens (including phenoxy) is 2.